The number of rotatable bonds is 2. The number of anilines is 1. The number of pyridine rings is 1. The first-order valence-electron chi connectivity index (χ1n) is 4.98. The molecule has 0 amide bonds. The predicted octanol–water partition coefficient (Wildman–Crippen LogP) is 1.18. The zero-order valence-electron chi connectivity index (χ0n) is 8.68. The van der Waals surface area contributed by atoms with Gasteiger partial charge in [0.1, 0.15) is 11.9 Å². The van der Waals surface area contributed by atoms with Gasteiger partial charge in [0.25, 0.3) is 0 Å². The Bertz CT molecular complexity index is 380. The molecule has 0 aromatic carbocycles. The van der Waals surface area contributed by atoms with Crippen LogP contribution in [0.2, 0.25) is 0 Å². The molecule has 1 aromatic heterocycles. The largest absolute Gasteiger partial charge is 0.379 e. The van der Waals surface area contributed by atoms with E-state index in [0.717, 1.165) is 25.5 Å². The minimum atomic E-state index is 0.340. The standard InChI is InChI=1S/C11H13N3O/c1-14(10-4-6-15-8-10)11-9(7-12)3-2-5-13-11/h2-3,5,10H,4,6,8H2,1H3. The Balaban J connectivity index is 2.24. The van der Waals surface area contributed by atoms with E-state index >= 15 is 0 Å². The number of likely N-dealkylation sites (N-methyl/N-ethyl adjacent to an activating group) is 1. The van der Waals surface area contributed by atoms with Crippen LogP contribution in [0.3, 0.4) is 0 Å². The summed E-state index contributed by atoms with van der Waals surface area (Å²) in [5.41, 5.74) is 0.617. The second-order valence-corrected chi connectivity index (χ2v) is 3.61. The normalized spacial score (nSPS) is 19.9. The second-order valence-electron chi connectivity index (χ2n) is 3.61. The molecule has 1 aromatic rings. The van der Waals surface area contributed by atoms with E-state index in [4.69, 9.17) is 10.00 Å². The Labute approximate surface area is 89.1 Å². The van der Waals surface area contributed by atoms with Crippen molar-refractivity contribution in [1.82, 2.24) is 4.98 Å². The van der Waals surface area contributed by atoms with Crippen LogP contribution in [-0.2, 0) is 4.74 Å². The lowest BCUT2D eigenvalue weighted by atomic mass is 10.2. The van der Waals surface area contributed by atoms with E-state index in [1.165, 1.54) is 0 Å². The third-order valence-corrected chi connectivity index (χ3v) is 2.69. The van der Waals surface area contributed by atoms with Crippen molar-refractivity contribution >= 4 is 5.82 Å². The predicted molar refractivity (Wildman–Crippen MR) is 56.6 cm³/mol. The van der Waals surface area contributed by atoms with Gasteiger partial charge in [-0.15, -0.1) is 0 Å². The van der Waals surface area contributed by atoms with Crippen molar-refractivity contribution in [2.45, 2.75) is 12.5 Å². The van der Waals surface area contributed by atoms with Gasteiger partial charge in [0.2, 0.25) is 0 Å². The number of nitriles is 1. The lowest BCUT2D eigenvalue weighted by Crippen LogP contribution is -2.33. The van der Waals surface area contributed by atoms with Crippen LogP contribution in [0.4, 0.5) is 5.82 Å². The van der Waals surface area contributed by atoms with Gasteiger partial charge in [0.05, 0.1) is 18.2 Å². The summed E-state index contributed by atoms with van der Waals surface area (Å²) >= 11 is 0. The number of aromatic nitrogens is 1. The van der Waals surface area contributed by atoms with Gasteiger partial charge in [-0.2, -0.15) is 5.26 Å². The molecule has 1 aliphatic heterocycles. The Morgan fingerprint density at radius 1 is 1.67 bits per heavy atom. The molecule has 4 nitrogen and oxygen atoms in total. The zero-order chi connectivity index (χ0) is 10.7. The van der Waals surface area contributed by atoms with Crippen molar-refractivity contribution in [1.29, 1.82) is 5.26 Å². The first-order chi connectivity index (χ1) is 7.33. The maximum atomic E-state index is 8.96. The van der Waals surface area contributed by atoms with Crippen molar-refractivity contribution in [2.24, 2.45) is 0 Å². The molecule has 0 aliphatic carbocycles. The summed E-state index contributed by atoms with van der Waals surface area (Å²) < 4.78 is 5.32. The highest BCUT2D eigenvalue weighted by molar-refractivity contribution is 5.53. The molecule has 15 heavy (non-hydrogen) atoms. The average molecular weight is 203 g/mol. The van der Waals surface area contributed by atoms with E-state index < -0.39 is 0 Å². The molecule has 1 unspecified atom stereocenters. The van der Waals surface area contributed by atoms with E-state index in [9.17, 15) is 0 Å². The molecule has 0 bridgehead atoms. The molecule has 2 heterocycles. The summed E-state index contributed by atoms with van der Waals surface area (Å²) in [5, 5.41) is 8.96. The fraction of sp³-hybridized carbons (Fsp3) is 0.455. The van der Waals surface area contributed by atoms with Gasteiger partial charge in [0, 0.05) is 19.9 Å². The van der Waals surface area contributed by atoms with E-state index in [1.54, 1.807) is 18.3 Å². The van der Waals surface area contributed by atoms with Gasteiger partial charge in [-0.3, -0.25) is 0 Å². The summed E-state index contributed by atoms with van der Waals surface area (Å²) in [6.07, 6.45) is 2.71. The highest BCUT2D eigenvalue weighted by atomic mass is 16.5. The van der Waals surface area contributed by atoms with Crippen LogP contribution in [-0.4, -0.2) is 31.3 Å². The van der Waals surface area contributed by atoms with Crippen LogP contribution in [0.5, 0.6) is 0 Å². The van der Waals surface area contributed by atoms with E-state index in [0.29, 0.717) is 11.6 Å². The first-order valence-corrected chi connectivity index (χ1v) is 4.98. The van der Waals surface area contributed by atoms with Crippen molar-refractivity contribution < 1.29 is 4.74 Å². The van der Waals surface area contributed by atoms with Crippen molar-refractivity contribution in [2.75, 3.05) is 25.2 Å². The van der Waals surface area contributed by atoms with Crippen molar-refractivity contribution in [3.63, 3.8) is 0 Å². The fourth-order valence-electron chi connectivity index (χ4n) is 1.77. The average Bonchev–Trinajstić information content (AvgIpc) is 2.81. The summed E-state index contributed by atoms with van der Waals surface area (Å²) in [4.78, 5) is 6.28. The molecule has 2 rings (SSSR count). The molecule has 4 heteroatoms. The fourth-order valence-corrected chi connectivity index (χ4v) is 1.77. The van der Waals surface area contributed by atoms with Gasteiger partial charge < -0.3 is 9.64 Å². The SMILES string of the molecule is CN(c1ncccc1C#N)C1CCOC1. The van der Waals surface area contributed by atoms with Gasteiger partial charge >= 0.3 is 0 Å². The Morgan fingerprint density at radius 2 is 2.53 bits per heavy atom. The van der Waals surface area contributed by atoms with Crippen LogP contribution < -0.4 is 4.90 Å². The molecule has 1 atom stereocenters. The number of ether oxygens (including phenoxy) is 1. The van der Waals surface area contributed by atoms with Crippen LogP contribution in [0.25, 0.3) is 0 Å². The maximum absolute atomic E-state index is 8.96. The Kier molecular flexibility index (Phi) is 2.84. The minimum absolute atomic E-state index is 0.340. The Hall–Kier alpha value is -1.60. The number of hydrogen-bond acceptors (Lipinski definition) is 4. The molecular formula is C11H13N3O. The summed E-state index contributed by atoms with van der Waals surface area (Å²) in [6.45, 7) is 1.52. The number of nitrogens with zero attached hydrogens (tertiary/aromatic N) is 3. The molecule has 1 aliphatic rings. The monoisotopic (exact) mass is 203 g/mol. The van der Waals surface area contributed by atoms with E-state index in [-0.39, 0.29) is 0 Å². The third-order valence-electron chi connectivity index (χ3n) is 2.69. The second kappa shape index (κ2) is 4.28. The highest BCUT2D eigenvalue weighted by Crippen LogP contribution is 2.20. The van der Waals surface area contributed by atoms with Gasteiger partial charge in [0.15, 0.2) is 0 Å². The van der Waals surface area contributed by atoms with Crippen LogP contribution >= 0.6 is 0 Å². The maximum Gasteiger partial charge on any atom is 0.146 e. The summed E-state index contributed by atoms with van der Waals surface area (Å²) in [7, 11) is 1.96. The van der Waals surface area contributed by atoms with Crippen molar-refractivity contribution in [3.8, 4) is 6.07 Å². The first kappa shape index (κ1) is 9.94. The van der Waals surface area contributed by atoms with E-state index in [2.05, 4.69) is 11.1 Å². The highest BCUT2D eigenvalue weighted by Gasteiger charge is 2.22. The van der Waals surface area contributed by atoms with Crippen LogP contribution in [0.1, 0.15) is 12.0 Å². The lowest BCUT2D eigenvalue weighted by Gasteiger charge is -2.24. The molecule has 78 valence electrons. The topological polar surface area (TPSA) is 49.2 Å². The zero-order valence-corrected chi connectivity index (χ0v) is 8.68. The van der Waals surface area contributed by atoms with Crippen molar-refractivity contribution in [3.05, 3.63) is 23.9 Å². The van der Waals surface area contributed by atoms with Crippen LogP contribution in [0.15, 0.2) is 18.3 Å². The van der Waals surface area contributed by atoms with Crippen LogP contribution in [0, 0.1) is 11.3 Å². The lowest BCUT2D eigenvalue weighted by molar-refractivity contribution is 0.193. The molecule has 0 radical (unpaired) electrons. The molecular weight excluding hydrogens is 190 g/mol. The molecule has 1 fully saturated rings. The summed E-state index contributed by atoms with van der Waals surface area (Å²) in [5.74, 6) is 0.746. The van der Waals surface area contributed by atoms with Gasteiger partial charge in [-0.25, -0.2) is 4.98 Å². The number of hydrogen-bond donors (Lipinski definition) is 0. The van der Waals surface area contributed by atoms with E-state index in [1.807, 2.05) is 11.9 Å². The minimum Gasteiger partial charge on any atom is -0.379 e. The summed E-state index contributed by atoms with van der Waals surface area (Å²) in [6, 6.07) is 6.06. The quantitative estimate of drug-likeness (QED) is 0.724. The Morgan fingerprint density at radius 3 is 3.20 bits per heavy atom. The molecule has 0 spiro atoms. The van der Waals surface area contributed by atoms with Gasteiger partial charge in [-0.05, 0) is 18.6 Å². The molecule has 0 saturated carbocycles. The third kappa shape index (κ3) is 1.92. The van der Waals surface area contributed by atoms with Gasteiger partial charge in [-0.1, -0.05) is 0 Å². The molecule has 1 saturated heterocycles. The molecule has 0 N–H and O–H groups in total. The smallest absolute Gasteiger partial charge is 0.146 e.